The Morgan fingerprint density at radius 3 is 2.87 bits per heavy atom. The number of rotatable bonds is 4. The predicted molar refractivity (Wildman–Crippen MR) is 91.8 cm³/mol. The molecular formula is C17H21N3O2S. The van der Waals surface area contributed by atoms with E-state index in [2.05, 4.69) is 22.1 Å². The molecule has 0 unspecified atom stereocenters. The number of anilines is 1. The molecule has 0 bridgehead atoms. The number of hydrogen-bond acceptors (Lipinski definition) is 5. The third-order valence-electron chi connectivity index (χ3n) is 4.18. The van der Waals surface area contributed by atoms with Crippen molar-refractivity contribution in [3.63, 3.8) is 0 Å². The SMILES string of the molecule is CC1CCN(Cc2csc(NC(=O)c3ccccc3O)n2)CC1. The molecule has 1 aromatic heterocycles. The van der Waals surface area contributed by atoms with E-state index in [9.17, 15) is 9.90 Å². The molecule has 122 valence electrons. The van der Waals surface area contributed by atoms with Crippen LogP contribution in [0.25, 0.3) is 0 Å². The molecule has 0 aliphatic carbocycles. The third kappa shape index (κ3) is 4.09. The van der Waals surface area contributed by atoms with Crippen LogP contribution in [0, 0.1) is 5.92 Å². The van der Waals surface area contributed by atoms with Crippen molar-refractivity contribution in [3.05, 3.63) is 40.9 Å². The molecule has 0 spiro atoms. The van der Waals surface area contributed by atoms with Crippen LogP contribution < -0.4 is 5.32 Å². The summed E-state index contributed by atoms with van der Waals surface area (Å²) in [5.74, 6) is 0.454. The van der Waals surface area contributed by atoms with Gasteiger partial charge in [-0.2, -0.15) is 0 Å². The van der Waals surface area contributed by atoms with Gasteiger partial charge in [-0.25, -0.2) is 4.98 Å². The molecule has 0 saturated carbocycles. The number of phenols is 1. The molecule has 1 saturated heterocycles. The van der Waals surface area contributed by atoms with Crippen LogP contribution in [0.1, 0.15) is 35.8 Å². The van der Waals surface area contributed by atoms with Crippen molar-refractivity contribution in [1.29, 1.82) is 0 Å². The summed E-state index contributed by atoms with van der Waals surface area (Å²) in [5, 5.41) is 15.0. The molecular weight excluding hydrogens is 310 g/mol. The Morgan fingerprint density at radius 1 is 1.39 bits per heavy atom. The van der Waals surface area contributed by atoms with Gasteiger partial charge in [-0.05, 0) is 44.0 Å². The Hall–Kier alpha value is -1.92. The number of likely N-dealkylation sites (tertiary alicyclic amines) is 1. The van der Waals surface area contributed by atoms with E-state index in [-0.39, 0.29) is 17.2 Å². The molecule has 1 aromatic carbocycles. The fourth-order valence-electron chi connectivity index (χ4n) is 2.72. The Morgan fingerprint density at radius 2 is 2.13 bits per heavy atom. The van der Waals surface area contributed by atoms with Gasteiger partial charge in [-0.3, -0.25) is 15.0 Å². The van der Waals surface area contributed by atoms with E-state index in [0.29, 0.717) is 5.13 Å². The first-order valence-electron chi connectivity index (χ1n) is 7.88. The average molecular weight is 331 g/mol. The summed E-state index contributed by atoms with van der Waals surface area (Å²) >= 11 is 1.42. The average Bonchev–Trinajstić information content (AvgIpc) is 2.97. The minimum atomic E-state index is -0.337. The molecule has 1 aliphatic rings. The number of thiazole rings is 1. The number of phenolic OH excluding ortho intramolecular Hbond substituents is 1. The molecule has 1 amide bonds. The lowest BCUT2D eigenvalue weighted by Crippen LogP contribution is -2.32. The van der Waals surface area contributed by atoms with Gasteiger partial charge < -0.3 is 5.11 Å². The summed E-state index contributed by atoms with van der Waals surface area (Å²) in [7, 11) is 0. The standard InChI is InChI=1S/C17H21N3O2S/c1-12-6-8-20(9-7-12)10-13-11-23-17(18-13)19-16(22)14-4-2-3-5-15(14)21/h2-5,11-12,21H,6-10H2,1H3,(H,18,19,22). The van der Waals surface area contributed by atoms with Crippen molar-refractivity contribution in [3.8, 4) is 5.75 Å². The lowest BCUT2D eigenvalue weighted by molar-refractivity contribution is 0.102. The number of carbonyl (C=O) groups is 1. The van der Waals surface area contributed by atoms with E-state index in [1.165, 1.54) is 30.2 Å². The number of carbonyl (C=O) groups excluding carboxylic acids is 1. The highest BCUT2D eigenvalue weighted by Crippen LogP contribution is 2.22. The smallest absolute Gasteiger partial charge is 0.261 e. The molecule has 2 heterocycles. The molecule has 1 aliphatic heterocycles. The van der Waals surface area contributed by atoms with Gasteiger partial charge in [0.15, 0.2) is 5.13 Å². The molecule has 2 aromatic rings. The first-order valence-corrected chi connectivity index (χ1v) is 8.76. The van der Waals surface area contributed by atoms with E-state index >= 15 is 0 Å². The van der Waals surface area contributed by atoms with Crippen LogP contribution in [0.3, 0.4) is 0 Å². The Labute approximate surface area is 140 Å². The number of piperidine rings is 1. The highest BCUT2D eigenvalue weighted by Gasteiger charge is 2.17. The van der Waals surface area contributed by atoms with Gasteiger partial charge in [0.2, 0.25) is 0 Å². The van der Waals surface area contributed by atoms with Crippen molar-refractivity contribution in [2.45, 2.75) is 26.3 Å². The lowest BCUT2D eigenvalue weighted by atomic mass is 9.99. The molecule has 1 fully saturated rings. The zero-order chi connectivity index (χ0) is 16.2. The summed E-state index contributed by atoms with van der Waals surface area (Å²) in [4.78, 5) is 19.0. The fraction of sp³-hybridized carbons (Fsp3) is 0.412. The number of aromatic nitrogens is 1. The van der Waals surface area contributed by atoms with Gasteiger partial charge >= 0.3 is 0 Å². The van der Waals surface area contributed by atoms with Crippen LogP contribution in [0.4, 0.5) is 5.13 Å². The second kappa shape index (κ2) is 7.10. The number of para-hydroxylation sites is 1. The van der Waals surface area contributed by atoms with Crippen LogP contribution in [0.5, 0.6) is 5.75 Å². The van der Waals surface area contributed by atoms with Gasteiger partial charge in [-0.15, -0.1) is 11.3 Å². The molecule has 0 radical (unpaired) electrons. The normalized spacial score (nSPS) is 16.4. The molecule has 23 heavy (non-hydrogen) atoms. The van der Waals surface area contributed by atoms with E-state index in [4.69, 9.17) is 0 Å². The number of nitrogens with zero attached hydrogens (tertiary/aromatic N) is 2. The minimum Gasteiger partial charge on any atom is -0.507 e. The third-order valence-corrected chi connectivity index (χ3v) is 4.99. The maximum Gasteiger partial charge on any atom is 0.261 e. The first kappa shape index (κ1) is 16.0. The second-order valence-electron chi connectivity index (χ2n) is 6.07. The maximum absolute atomic E-state index is 12.2. The second-order valence-corrected chi connectivity index (χ2v) is 6.93. The Bertz CT molecular complexity index is 678. The highest BCUT2D eigenvalue weighted by molar-refractivity contribution is 7.14. The van der Waals surface area contributed by atoms with Crippen LogP contribution in [-0.2, 0) is 6.54 Å². The summed E-state index contributed by atoms with van der Waals surface area (Å²) < 4.78 is 0. The summed E-state index contributed by atoms with van der Waals surface area (Å²) in [6.45, 7) is 5.35. The first-order chi connectivity index (χ1) is 11.1. The monoisotopic (exact) mass is 331 g/mol. The predicted octanol–water partition coefficient (Wildman–Crippen LogP) is 3.33. The van der Waals surface area contributed by atoms with Crippen LogP contribution in [0.2, 0.25) is 0 Å². The van der Waals surface area contributed by atoms with Crippen molar-refractivity contribution in [2.75, 3.05) is 18.4 Å². The van der Waals surface area contributed by atoms with E-state index in [0.717, 1.165) is 31.2 Å². The zero-order valence-corrected chi connectivity index (χ0v) is 14.0. The molecule has 5 nitrogen and oxygen atoms in total. The van der Waals surface area contributed by atoms with Crippen molar-refractivity contribution in [1.82, 2.24) is 9.88 Å². The topological polar surface area (TPSA) is 65.5 Å². The van der Waals surface area contributed by atoms with E-state index < -0.39 is 0 Å². The Kier molecular flexibility index (Phi) is 4.93. The highest BCUT2D eigenvalue weighted by atomic mass is 32.1. The van der Waals surface area contributed by atoms with E-state index in [1.54, 1.807) is 18.2 Å². The molecule has 2 N–H and O–H groups in total. The Balaban J connectivity index is 1.59. The van der Waals surface area contributed by atoms with Crippen LogP contribution >= 0.6 is 11.3 Å². The minimum absolute atomic E-state index is 0.0239. The van der Waals surface area contributed by atoms with Gasteiger partial charge in [0.05, 0.1) is 11.3 Å². The fourth-order valence-corrected chi connectivity index (χ4v) is 3.41. The maximum atomic E-state index is 12.2. The largest absolute Gasteiger partial charge is 0.507 e. The number of benzene rings is 1. The van der Waals surface area contributed by atoms with Gasteiger partial charge in [0.1, 0.15) is 5.75 Å². The molecule has 6 heteroatoms. The summed E-state index contributed by atoms with van der Waals surface area (Å²) in [6, 6.07) is 6.50. The van der Waals surface area contributed by atoms with Gasteiger partial charge in [0, 0.05) is 11.9 Å². The van der Waals surface area contributed by atoms with E-state index in [1.807, 2.05) is 5.38 Å². The summed E-state index contributed by atoms with van der Waals surface area (Å²) in [6.07, 6.45) is 2.47. The number of nitrogens with one attached hydrogen (secondary N) is 1. The summed E-state index contributed by atoms with van der Waals surface area (Å²) in [5.41, 5.74) is 1.24. The lowest BCUT2D eigenvalue weighted by Gasteiger charge is -2.29. The number of hydrogen-bond donors (Lipinski definition) is 2. The van der Waals surface area contributed by atoms with Gasteiger partial charge in [-0.1, -0.05) is 19.1 Å². The van der Waals surface area contributed by atoms with Crippen LogP contribution in [-0.4, -0.2) is 34.0 Å². The number of aromatic hydroxyl groups is 1. The van der Waals surface area contributed by atoms with Gasteiger partial charge in [0.25, 0.3) is 5.91 Å². The molecule has 3 rings (SSSR count). The van der Waals surface area contributed by atoms with Crippen molar-refractivity contribution < 1.29 is 9.90 Å². The van der Waals surface area contributed by atoms with Crippen LogP contribution in [0.15, 0.2) is 29.6 Å². The zero-order valence-electron chi connectivity index (χ0n) is 13.2. The number of amides is 1. The van der Waals surface area contributed by atoms with Crippen molar-refractivity contribution in [2.24, 2.45) is 5.92 Å². The quantitative estimate of drug-likeness (QED) is 0.902. The van der Waals surface area contributed by atoms with Crippen molar-refractivity contribution >= 4 is 22.4 Å². The molecule has 0 atom stereocenters.